The van der Waals surface area contributed by atoms with Crippen LogP contribution in [0.4, 0.5) is 5.69 Å². The molecule has 104 valence electrons. The highest BCUT2D eigenvalue weighted by molar-refractivity contribution is 8.15. The van der Waals surface area contributed by atoms with Crippen molar-refractivity contribution in [2.75, 3.05) is 0 Å². The maximum atomic E-state index is 11.4. The average molecular weight is 290 g/mol. The number of nitro groups is 1. The van der Waals surface area contributed by atoms with Gasteiger partial charge in [-0.2, -0.15) is 0 Å². The predicted octanol–water partition coefficient (Wildman–Crippen LogP) is 2.42. The maximum Gasteiger partial charge on any atom is 0.272 e. The van der Waals surface area contributed by atoms with Crippen LogP contribution in [0, 0.1) is 10.1 Å². The summed E-state index contributed by atoms with van der Waals surface area (Å²) in [4.78, 5) is 22.1. The summed E-state index contributed by atoms with van der Waals surface area (Å²) in [6.45, 7) is 0. The fourth-order valence-electron chi connectivity index (χ4n) is 2.75. The van der Waals surface area contributed by atoms with E-state index in [-0.39, 0.29) is 27.0 Å². The van der Waals surface area contributed by atoms with E-state index < -0.39 is 0 Å². The zero-order valence-corrected chi connectivity index (χ0v) is 11.6. The van der Waals surface area contributed by atoms with Gasteiger partial charge in [-0.15, -0.1) is 0 Å². The molecule has 0 radical (unpaired) electrons. The number of nitrogens with zero attached hydrogens (tertiary/aromatic N) is 1. The van der Waals surface area contributed by atoms with Crippen LogP contribution in [0.15, 0.2) is 36.0 Å². The molecule has 0 amide bonds. The first kappa shape index (κ1) is 13.2. The second-order valence-electron chi connectivity index (χ2n) is 5.03. The summed E-state index contributed by atoms with van der Waals surface area (Å²) in [6.07, 6.45) is 4.13. The third-order valence-electron chi connectivity index (χ3n) is 3.68. The highest BCUT2D eigenvalue weighted by atomic mass is 32.2. The molecule has 2 heterocycles. The number of thioether (sulfide) groups is 1. The molecule has 0 aromatic heterocycles. The summed E-state index contributed by atoms with van der Waals surface area (Å²) in [5.74, 6) is 0. The number of rotatable bonds is 3. The molecular weight excluding hydrogens is 276 g/mol. The Hall–Kier alpha value is -1.82. The second-order valence-corrected chi connectivity index (χ2v) is 6.24. The van der Waals surface area contributed by atoms with Crippen molar-refractivity contribution < 1.29 is 9.72 Å². The highest BCUT2D eigenvalue weighted by Gasteiger charge is 2.32. The monoisotopic (exact) mass is 290 g/mol. The zero-order valence-electron chi connectivity index (χ0n) is 10.7. The Balaban J connectivity index is 1.74. The summed E-state index contributed by atoms with van der Waals surface area (Å²) >= 11 is 1.36. The van der Waals surface area contributed by atoms with E-state index in [0.29, 0.717) is 6.42 Å². The fraction of sp³-hybridized carbons (Fsp3) is 0.357. The number of nitrogens with one attached hydrogen (secondary N) is 1. The van der Waals surface area contributed by atoms with Crippen LogP contribution in [0.1, 0.15) is 18.4 Å². The number of para-hydroxylation sites is 1. The first-order chi connectivity index (χ1) is 9.63. The van der Waals surface area contributed by atoms with E-state index in [4.69, 9.17) is 0 Å². The molecule has 1 saturated heterocycles. The van der Waals surface area contributed by atoms with Crippen molar-refractivity contribution in [1.82, 2.24) is 5.32 Å². The molecule has 0 aliphatic carbocycles. The molecule has 0 spiro atoms. The lowest BCUT2D eigenvalue weighted by Gasteiger charge is -2.29. The third kappa shape index (κ3) is 2.56. The smallest absolute Gasteiger partial charge is 0.272 e. The summed E-state index contributed by atoms with van der Waals surface area (Å²) in [6, 6.07) is 7.00. The number of piperidine rings is 1. The van der Waals surface area contributed by atoms with Gasteiger partial charge in [0, 0.05) is 29.4 Å². The lowest BCUT2D eigenvalue weighted by molar-refractivity contribution is -0.385. The van der Waals surface area contributed by atoms with E-state index in [2.05, 4.69) is 5.32 Å². The molecule has 1 aromatic carbocycles. The van der Waals surface area contributed by atoms with Gasteiger partial charge in [-0.25, -0.2) is 0 Å². The summed E-state index contributed by atoms with van der Waals surface area (Å²) in [5.41, 5.74) is 1.89. The predicted molar refractivity (Wildman–Crippen MR) is 77.4 cm³/mol. The zero-order chi connectivity index (χ0) is 14.1. The van der Waals surface area contributed by atoms with Crippen LogP contribution in [0.5, 0.6) is 0 Å². The van der Waals surface area contributed by atoms with Crippen LogP contribution in [-0.2, 0) is 11.2 Å². The standard InChI is InChI=1S/C14H14N2O3S/c17-14-8-11-13(20-14)6-5-10(15-11)7-9-3-1-2-4-12(9)16(18)19/h1-4,8,10,13,15H,5-7H2. The van der Waals surface area contributed by atoms with Gasteiger partial charge in [-0.05, 0) is 19.3 Å². The quantitative estimate of drug-likeness (QED) is 0.683. The molecule has 5 nitrogen and oxygen atoms in total. The van der Waals surface area contributed by atoms with Crippen molar-refractivity contribution >= 4 is 22.6 Å². The van der Waals surface area contributed by atoms with Crippen LogP contribution >= 0.6 is 11.8 Å². The number of carbonyl (C=O) groups is 1. The Kier molecular flexibility index (Phi) is 3.48. The van der Waals surface area contributed by atoms with Gasteiger partial charge in [-0.3, -0.25) is 14.9 Å². The van der Waals surface area contributed by atoms with Crippen molar-refractivity contribution in [3.63, 3.8) is 0 Å². The first-order valence-corrected chi connectivity index (χ1v) is 7.42. The summed E-state index contributed by atoms with van der Waals surface area (Å²) in [7, 11) is 0. The lowest BCUT2D eigenvalue weighted by Crippen LogP contribution is -2.38. The van der Waals surface area contributed by atoms with E-state index >= 15 is 0 Å². The van der Waals surface area contributed by atoms with Gasteiger partial charge < -0.3 is 5.32 Å². The Morgan fingerprint density at radius 1 is 1.35 bits per heavy atom. The number of fused-ring (bicyclic) bond motifs is 1. The van der Waals surface area contributed by atoms with E-state index in [1.54, 1.807) is 18.2 Å². The topological polar surface area (TPSA) is 72.2 Å². The Labute approximate surface area is 120 Å². The number of nitro benzene ring substituents is 1. The Morgan fingerprint density at radius 3 is 2.95 bits per heavy atom. The Bertz CT molecular complexity index is 600. The molecule has 0 saturated carbocycles. The number of carbonyl (C=O) groups excluding carboxylic acids is 1. The third-order valence-corrected chi connectivity index (χ3v) is 4.81. The maximum absolute atomic E-state index is 11.4. The van der Waals surface area contributed by atoms with Crippen molar-refractivity contribution in [2.45, 2.75) is 30.6 Å². The van der Waals surface area contributed by atoms with Crippen molar-refractivity contribution in [1.29, 1.82) is 0 Å². The summed E-state index contributed by atoms with van der Waals surface area (Å²) in [5, 5.41) is 14.7. The molecule has 1 aromatic rings. The van der Waals surface area contributed by atoms with Gasteiger partial charge in [0.25, 0.3) is 5.69 Å². The number of hydrogen-bond acceptors (Lipinski definition) is 5. The van der Waals surface area contributed by atoms with E-state index in [1.165, 1.54) is 17.8 Å². The molecule has 2 unspecified atom stereocenters. The minimum Gasteiger partial charge on any atom is -0.384 e. The fourth-order valence-corrected chi connectivity index (χ4v) is 3.74. The normalized spacial score (nSPS) is 24.8. The molecule has 20 heavy (non-hydrogen) atoms. The molecule has 2 atom stereocenters. The minimum atomic E-state index is -0.338. The van der Waals surface area contributed by atoms with Crippen molar-refractivity contribution in [3.8, 4) is 0 Å². The van der Waals surface area contributed by atoms with Gasteiger partial charge in [-0.1, -0.05) is 30.0 Å². The molecule has 1 N–H and O–H groups in total. The first-order valence-electron chi connectivity index (χ1n) is 6.54. The van der Waals surface area contributed by atoms with Crippen LogP contribution in [0.2, 0.25) is 0 Å². The average Bonchev–Trinajstić information content (AvgIpc) is 2.78. The van der Waals surface area contributed by atoms with E-state index in [0.717, 1.165) is 24.1 Å². The van der Waals surface area contributed by atoms with Crippen molar-refractivity contribution in [3.05, 3.63) is 51.7 Å². The molecule has 0 bridgehead atoms. The van der Waals surface area contributed by atoms with E-state index in [1.807, 2.05) is 6.07 Å². The number of benzene rings is 1. The molecular formula is C14H14N2O3S. The van der Waals surface area contributed by atoms with Crippen LogP contribution in [0.3, 0.4) is 0 Å². The largest absolute Gasteiger partial charge is 0.384 e. The molecule has 2 aliphatic heterocycles. The number of hydrogen-bond donors (Lipinski definition) is 1. The summed E-state index contributed by atoms with van der Waals surface area (Å²) < 4.78 is 0. The van der Waals surface area contributed by atoms with Crippen LogP contribution in [0.25, 0.3) is 0 Å². The molecule has 6 heteroatoms. The van der Waals surface area contributed by atoms with E-state index in [9.17, 15) is 14.9 Å². The molecule has 2 aliphatic rings. The second kappa shape index (κ2) is 5.28. The van der Waals surface area contributed by atoms with Gasteiger partial charge >= 0.3 is 0 Å². The van der Waals surface area contributed by atoms with Crippen LogP contribution in [-0.4, -0.2) is 21.3 Å². The van der Waals surface area contributed by atoms with Gasteiger partial charge in [0.05, 0.1) is 10.2 Å². The van der Waals surface area contributed by atoms with Gasteiger partial charge in [0.15, 0.2) is 0 Å². The van der Waals surface area contributed by atoms with Gasteiger partial charge in [0.2, 0.25) is 5.12 Å². The van der Waals surface area contributed by atoms with Gasteiger partial charge in [0.1, 0.15) is 0 Å². The molecule has 1 fully saturated rings. The highest BCUT2D eigenvalue weighted by Crippen LogP contribution is 2.35. The van der Waals surface area contributed by atoms with Crippen LogP contribution < -0.4 is 5.32 Å². The SMILES string of the molecule is O=C1C=C2NC(Cc3ccccc3[N+](=O)[O-])CCC2S1. The Morgan fingerprint density at radius 2 is 2.15 bits per heavy atom. The lowest BCUT2D eigenvalue weighted by atomic mass is 9.95. The minimum absolute atomic E-state index is 0.101. The van der Waals surface area contributed by atoms with Crippen molar-refractivity contribution in [2.24, 2.45) is 0 Å². The molecule has 3 rings (SSSR count).